The van der Waals surface area contributed by atoms with E-state index in [1.807, 2.05) is 36.9 Å². The van der Waals surface area contributed by atoms with E-state index >= 15 is 0 Å². The maximum Gasteiger partial charge on any atom is 0.338 e. The molecule has 2 heterocycles. The van der Waals surface area contributed by atoms with Gasteiger partial charge in [-0.15, -0.1) is 0 Å². The number of carbonyl (C=O) groups is 2. The molecule has 1 aromatic heterocycles. The zero-order chi connectivity index (χ0) is 18.7. The summed E-state index contributed by atoms with van der Waals surface area (Å²) in [5, 5.41) is 13.2. The quantitative estimate of drug-likeness (QED) is 0.894. The van der Waals surface area contributed by atoms with Crippen LogP contribution in [0.3, 0.4) is 0 Å². The molecule has 1 fully saturated rings. The predicted molar refractivity (Wildman–Crippen MR) is 98.0 cm³/mol. The zero-order valence-electron chi connectivity index (χ0n) is 15.3. The van der Waals surface area contributed by atoms with Crippen LogP contribution in [0.25, 0.3) is 0 Å². The molecule has 1 aliphatic heterocycles. The SMILES string of the molecule is CC(C)(Cc1ccccc1)C(=O)N1CCC(n2cc(C(=O)O)cn2)CC1. The summed E-state index contributed by atoms with van der Waals surface area (Å²) >= 11 is 0. The maximum atomic E-state index is 13.0. The summed E-state index contributed by atoms with van der Waals surface area (Å²) in [6.45, 7) is 5.34. The number of carbonyl (C=O) groups excluding carboxylic acids is 1. The highest BCUT2D eigenvalue weighted by Gasteiger charge is 2.34. The van der Waals surface area contributed by atoms with Crippen LogP contribution in [0.1, 0.15) is 48.7 Å². The minimum atomic E-state index is -0.966. The van der Waals surface area contributed by atoms with Gasteiger partial charge < -0.3 is 10.0 Å². The van der Waals surface area contributed by atoms with Crippen LogP contribution in [0, 0.1) is 5.41 Å². The van der Waals surface area contributed by atoms with E-state index < -0.39 is 11.4 Å². The lowest BCUT2D eigenvalue weighted by Gasteiger charge is -2.37. The highest BCUT2D eigenvalue weighted by atomic mass is 16.4. The van der Waals surface area contributed by atoms with Crippen molar-refractivity contribution in [1.29, 1.82) is 0 Å². The van der Waals surface area contributed by atoms with Crippen molar-refractivity contribution in [3.05, 3.63) is 53.9 Å². The standard InChI is InChI=1S/C20H25N3O3/c1-20(2,12-15-6-4-3-5-7-15)19(26)22-10-8-17(9-11-22)23-14-16(13-21-23)18(24)25/h3-7,13-14,17H,8-12H2,1-2H3,(H,24,25). The number of nitrogens with zero attached hydrogens (tertiary/aromatic N) is 3. The number of likely N-dealkylation sites (tertiary alicyclic amines) is 1. The number of carboxylic acids is 1. The average molecular weight is 355 g/mol. The Bertz CT molecular complexity index is 775. The second kappa shape index (κ2) is 7.32. The number of hydrogen-bond donors (Lipinski definition) is 1. The Morgan fingerprint density at radius 2 is 1.85 bits per heavy atom. The van der Waals surface area contributed by atoms with E-state index in [-0.39, 0.29) is 17.5 Å². The molecule has 3 rings (SSSR count). The number of benzene rings is 1. The molecule has 0 radical (unpaired) electrons. The third-order valence-corrected chi connectivity index (χ3v) is 5.04. The fourth-order valence-electron chi connectivity index (χ4n) is 3.59. The Balaban J connectivity index is 1.59. The Morgan fingerprint density at radius 1 is 1.19 bits per heavy atom. The number of aromatic nitrogens is 2. The van der Waals surface area contributed by atoms with Crippen LogP contribution < -0.4 is 0 Å². The van der Waals surface area contributed by atoms with E-state index in [1.165, 1.54) is 11.8 Å². The molecule has 0 spiro atoms. The topological polar surface area (TPSA) is 75.4 Å². The van der Waals surface area contributed by atoms with Gasteiger partial charge in [0.15, 0.2) is 0 Å². The second-order valence-corrected chi connectivity index (χ2v) is 7.58. The van der Waals surface area contributed by atoms with Crippen LogP contribution in [0.5, 0.6) is 0 Å². The maximum absolute atomic E-state index is 13.0. The number of piperidine rings is 1. The summed E-state index contributed by atoms with van der Waals surface area (Å²) in [7, 11) is 0. The predicted octanol–water partition coefficient (Wildman–Crippen LogP) is 3.01. The van der Waals surface area contributed by atoms with E-state index in [4.69, 9.17) is 5.11 Å². The van der Waals surface area contributed by atoms with Gasteiger partial charge >= 0.3 is 5.97 Å². The number of aromatic carboxylic acids is 1. The molecular formula is C20H25N3O3. The van der Waals surface area contributed by atoms with Gasteiger partial charge in [-0.05, 0) is 24.8 Å². The molecule has 6 heteroatoms. The summed E-state index contributed by atoms with van der Waals surface area (Å²) in [6.07, 6.45) is 5.24. The van der Waals surface area contributed by atoms with Gasteiger partial charge in [0, 0.05) is 24.7 Å². The summed E-state index contributed by atoms with van der Waals surface area (Å²) in [6, 6.07) is 10.2. The summed E-state index contributed by atoms with van der Waals surface area (Å²) < 4.78 is 1.72. The first kappa shape index (κ1) is 18.2. The molecule has 2 aromatic rings. The third-order valence-electron chi connectivity index (χ3n) is 5.04. The minimum absolute atomic E-state index is 0.143. The third kappa shape index (κ3) is 3.95. The molecule has 138 valence electrons. The van der Waals surface area contributed by atoms with Gasteiger partial charge in [-0.2, -0.15) is 5.10 Å². The van der Waals surface area contributed by atoms with E-state index in [0.29, 0.717) is 19.5 Å². The summed E-state index contributed by atoms with van der Waals surface area (Å²) in [5.74, 6) is -0.794. The Kier molecular flexibility index (Phi) is 5.11. The normalized spacial score (nSPS) is 15.8. The molecule has 26 heavy (non-hydrogen) atoms. The number of carboxylic acid groups (broad SMARTS) is 1. The first-order valence-corrected chi connectivity index (χ1v) is 8.97. The van der Waals surface area contributed by atoms with Crippen molar-refractivity contribution in [1.82, 2.24) is 14.7 Å². The molecule has 1 N–H and O–H groups in total. The van der Waals surface area contributed by atoms with Crippen molar-refractivity contribution in [3.63, 3.8) is 0 Å². The van der Waals surface area contributed by atoms with Gasteiger partial charge in [0.2, 0.25) is 5.91 Å². The lowest BCUT2D eigenvalue weighted by Crippen LogP contribution is -2.46. The fraction of sp³-hybridized carbons (Fsp3) is 0.450. The number of amides is 1. The van der Waals surface area contributed by atoms with Crippen LogP contribution in [0.2, 0.25) is 0 Å². The molecule has 1 saturated heterocycles. The van der Waals surface area contributed by atoms with Crippen LogP contribution in [-0.2, 0) is 11.2 Å². The Hall–Kier alpha value is -2.63. The van der Waals surface area contributed by atoms with Crippen molar-refractivity contribution in [2.45, 2.75) is 39.2 Å². The van der Waals surface area contributed by atoms with Gasteiger partial charge in [-0.1, -0.05) is 44.2 Å². The molecule has 6 nitrogen and oxygen atoms in total. The second-order valence-electron chi connectivity index (χ2n) is 7.58. The van der Waals surface area contributed by atoms with Gasteiger partial charge in [-0.25, -0.2) is 4.79 Å². The monoisotopic (exact) mass is 355 g/mol. The molecule has 0 bridgehead atoms. The van der Waals surface area contributed by atoms with Crippen molar-refractivity contribution < 1.29 is 14.7 Å². The van der Waals surface area contributed by atoms with Crippen LogP contribution in [0.4, 0.5) is 0 Å². The highest BCUT2D eigenvalue weighted by molar-refractivity contribution is 5.86. The summed E-state index contributed by atoms with van der Waals surface area (Å²) in [4.78, 5) is 25.9. The molecule has 0 aliphatic carbocycles. The van der Waals surface area contributed by atoms with E-state index in [1.54, 1.807) is 10.9 Å². The number of rotatable bonds is 5. The Labute approximate surface area is 153 Å². The van der Waals surface area contributed by atoms with Crippen molar-refractivity contribution in [3.8, 4) is 0 Å². The van der Waals surface area contributed by atoms with Gasteiger partial charge in [0.05, 0.1) is 17.8 Å². The lowest BCUT2D eigenvalue weighted by atomic mass is 9.83. The molecule has 0 atom stereocenters. The number of hydrogen-bond acceptors (Lipinski definition) is 3. The first-order valence-electron chi connectivity index (χ1n) is 8.97. The first-order chi connectivity index (χ1) is 12.4. The average Bonchev–Trinajstić information content (AvgIpc) is 3.12. The molecule has 0 saturated carbocycles. The van der Waals surface area contributed by atoms with Gasteiger partial charge in [-0.3, -0.25) is 9.48 Å². The lowest BCUT2D eigenvalue weighted by molar-refractivity contribution is -0.141. The fourth-order valence-corrected chi connectivity index (χ4v) is 3.59. The van der Waals surface area contributed by atoms with E-state index in [0.717, 1.165) is 12.8 Å². The zero-order valence-corrected chi connectivity index (χ0v) is 15.3. The molecule has 1 aromatic carbocycles. The van der Waals surface area contributed by atoms with E-state index in [9.17, 15) is 9.59 Å². The van der Waals surface area contributed by atoms with Crippen LogP contribution >= 0.6 is 0 Å². The molecule has 1 amide bonds. The minimum Gasteiger partial charge on any atom is -0.478 e. The molecular weight excluding hydrogens is 330 g/mol. The van der Waals surface area contributed by atoms with Crippen molar-refractivity contribution >= 4 is 11.9 Å². The van der Waals surface area contributed by atoms with Gasteiger partial charge in [0.25, 0.3) is 0 Å². The highest BCUT2D eigenvalue weighted by Crippen LogP contribution is 2.29. The smallest absolute Gasteiger partial charge is 0.338 e. The Morgan fingerprint density at radius 3 is 2.42 bits per heavy atom. The van der Waals surface area contributed by atoms with Crippen LogP contribution in [0.15, 0.2) is 42.7 Å². The van der Waals surface area contributed by atoms with Gasteiger partial charge in [0.1, 0.15) is 0 Å². The van der Waals surface area contributed by atoms with Crippen molar-refractivity contribution in [2.75, 3.05) is 13.1 Å². The molecule has 0 unspecified atom stereocenters. The van der Waals surface area contributed by atoms with E-state index in [2.05, 4.69) is 17.2 Å². The van der Waals surface area contributed by atoms with Crippen molar-refractivity contribution in [2.24, 2.45) is 5.41 Å². The largest absolute Gasteiger partial charge is 0.478 e. The summed E-state index contributed by atoms with van der Waals surface area (Å²) in [5.41, 5.74) is 0.919. The van der Waals surface area contributed by atoms with Crippen LogP contribution in [-0.4, -0.2) is 44.8 Å². The molecule has 1 aliphatic rings.